The van der Waals surface area contributed by atoms with Gasteiger partial charge < -0.3 is 10.3 Å². The Morgan fingerprint density at radius 3 is 2.67 bits per heavy atom. The molecule has 2 rings (SSSR count). The van der Waals surface area contributed by atoms with E-state index >= 15 is 0 Å². The Kier molecular flexibility index (Phi) is 4.77. The van der Waals surface area contributed by atoms with Crippen LogP contribution in [0.5, 0.6) is 0 Å². The molecule has 0 unspecified atom stereocenters. The molecule has 0 aliphatic carbocycles. The van der Waals surface area contributed by atoms with E-state index in [-0.39, 0.29) is 23.8 Å². The highest BCUT2D eigenvalue weighted by atomic mass is 79.9. The number of nitrogens with two attached hydrogens (primary N) is 1. The highest BCUT2D eigenvalue weighted by Gasteiger charge is 2.20. The number of aryl methyl sites for hydroxylation is 1. The van der Waals surface area contributed by atoms with Crippen molar-refractivity contribution in [3.05, 3.63) is 39.4 Å². The molecule has 0 radical (unpaired) electrons. The zero-order valence-electron chi connectivity index (χ0n) is 11.6. The first-order valence-electron chi connectivity index (χ1n) is 6.11. The average molecular weight is 375 g/mol. The van der Waals surface area contributed by atoms with Gasteiger partial charge in [-0.05, 0) is 30.2 Å². The monoisotopic (exact) mass is 374 g/mol. The Hall–Kier alpha value is -1.29. The van der Waals surface area contributed by atoms with Gasteiger partial charge in [0.1, 0.15) is 0 Å². The maximum Gasteiger partial charge on any atom is 0.241 e. The Labute approximate surface area is 131 Å². The molecule has 0 amide bonds. The molecule has 1 aromatic heterocycles. The summed E-state index contributed by atoms with van der Waals surface area (Å²) in [6.45, 7) is 3.57. The lowest BCUT2D eigenvalue weighted by Gasteiger charge is -2.11. The molecule has 0 saturated carbocycles. The minimum Gasteiger partial charge on any atom is -0.340 e. The molecule has 0 saturated heterocycles. The first-order chi connectivity index (χ1) is 9.83. The summed E-state index contributed by atoms with van der Waals surface area (Å²) in [5.41, 5.74) is 6.92. The molecule has 0 aliphatic heterocycles. The lowest BCUT2D eigenvalue weighted by molar-refractivity contribution is 0.387. The SMILES string of the molecule is Cc1nc(CNS(=O)(=O)c2cc(CN)cc(Br)c2C)no1. The Morgan fingerprint density at radius 2 is 2.10 bits per heavy atom. The molecule has 3 N–H and O–H groups in total. The minimum atomic E-state index is -3.69. The third kappa shape index (κ3) is 3.67. The highest BCUT2D eigenvalue weighted by Crippen LogP contribution is 2.25. The maximum absolute atomic E-state index is 12.4. The molecule has 21 heavy (non-hydrogen) atoms. The fraction of sp³-hybridized carbons (Fsp3) is 0.333. The molecular formula is C12H15BrN4O3S. The van der Waals surface area contributed by atoms with E-state index in [9.17, 15) is 8.42 Å². The summed E-state index contributed by atoms with van der Waals surface area (Å²) in [4.78, 5) is 4.13. The Morgan fingerprint density at radius 1 is 1.38 bits per heavy atom. The summed E-state index contributed by atoms with van der Waals surface area (Å²) < 4.78 is 32.7. The van der Waals surface area contributed by atoms with E-state index in [1.165, 1.54) is 0 Å². The van der Waals surface area contributed by atoms with E-state index in [0.29, 0.717) is 15.9 Å². The molecule has 0 spiro atoms. The number of rotatable bonds is 5. The van der Waals surface area contributed by atoms with Crippen molar-refractivity contribution in [1.29, 1.82) is 0 Å². The lowest BCUT2D eigenvalue weighted by Crippen LogP contribution is -2.25. The number of aromatic nitrogens is 2. The van der Waals surface area contributed by atoms with Crippen LogP contribution in [0.15, 0.2) is 26.0 Å². The van der Waals surface area contributed by atoms with Crippen LogP contribution in [0.2, 0.25) is 0 Å². The molecule has 0 fully saturated rings. The zero-order valence-corrected chi connectivity index (χ0v) is 14.0. The van der Waals surface area contributed by atoms with Crippen LogP contribution in [0.3, 0.4) is 0 Å². The smallest absolute Gasteiger partial charge is 0.241 e. The fourth-order valence-corrected chi connectivity index (χ4v) is 3.69. The zero-order chi connectivity index (χ0) is 15.6. The number of hydrogen-bond donors (Lipinski definition) is 2. The van der Waals surface area contributed by atoms with Gasteiger partial charge in [0.2, 0.25) is 15.9 Å². The van der Waals surface area contributed by atoms with Gasteiger partial charge in [0, 0.05) is 17.9 Å². The summed E-state index contributed by atoms with van der Waals surface area (Å²) in [7, 11) is -3.69. The molecular weight excluding hydrogens is 360 g/mol. The maximum atomic E-state index is 12.4. The number of benzene rings is 1. The van der Waals surface area contributed by atoms with E-state index in [1.54, 1.807) is 26.0 Å². The second kappa shape index (κ2) is 6.22. The van der Waals surface area contributed by atoms with Crippen LogP contribution >= 0.6 is 15.9 Å². The number of halogens is 1. The first-order valence-corrected chi connectivity index (χ1v) is 8.39. The van der Waals surface area contributed by atoms with Crippen molar-refractivity contribution in [1.82, 2.24) is 14.9 Å². The minimum absolute atomic E-state index is 0.0381. The standard InChI is InChI=1S/C12H15BrN4O3S/c1-7-10(13)3-9(5-14)4-11(7)21(18,19)15-6-12-16-8(2)20-17-12/h3-4,15H,5-6,14H2,1-2H3. The molecule has 0 atom stereocenters. The fourth-order valence-electron chi connectivity index (χ4n) is 1.75. The van der Waals surface area contributed by atoms with Gasteiger partial charge in [0.15, 0.2) is 5.82 Å². The second-order valence-corrected chi connectivity index (χ2v) is 7.05. The lowest BCUT2D eigenvalue weighted by atomic mass is 10.1. The van der Waals surface area contributed by atoms with Crippen molar-refractivity contribution >= 4 is 26.0 Å². The summed E-state index contributed by atoms with van der Waals surface area (Å²) in [6.07, 6.45) is 0. The van der Waals surface area contributed by atoms with Crippen molar-refractivity contribution in [3.63, 3.8) is 0 Å². The number of sulfonamides is 1. The van der Waals surface area contributed by atoms with Crippen molar-refractivity contribution in [3.8, 4) is 0 Å². The van der Waals surface area contributed by atoms with E-state index in [2.05, 4.69) is 30.8 Å². The van der Waals surface area contributed by atoms with Gasteiger partial charge in [-0.2, -0.15) is 4.98 Å². The summed E-state index contributed by atoms with van der Waals surface area (Å²) in [5.74, 6) is 0.663. The average Bonchev–Trinajstić information content (AvgIpc) is 2.85. The highest BCUT2D eigenvalue weighted by molar-refractivity contribution is 9.10. The van der Waals surface area contributed by atoms with Gasteiger partial charge in [-0.1, -0.05) is 21.1 Å². The third-order valence-electron chi connectivity index (χ3n) is 2.87. The quantitative estimate of drug-likeness (QED) is 0.817. The molecule has 7 nitrogen and oxygen atoms in total. The largest absolute Gasteiger partial charge is 0.340 e. The van der Waals surface area contributed by atoms with Crippen molar-refractivity contribution in [2.24, 2.45) is 5.73 Å². The van der Waals surface area contributed by atoms with Gasteiger partial charge in [-0.3, -0.25) is 0 Å². The first kappa shape index (κ1) is 16.1. The summed E-state index contributed by atoms with van der Waals surface area (Å²) >= 11 is 3.34. The molecule has 1 aromatic carbocycles. The van der Waals surface area contributed by atoms with Gasteiger partial charge >= 0.3 is 0 Å². The normalized spacial score (nSPS) is 11.8. The van der Waals surface area contributed by atoms with E-state index < -0.39 is 10.0 Å². The van der Waals surface area contributed by atoms with Crippen molar-refractivity contribution in [2.45, 2.75) is 31.8 Å². The van der Waals surface area contributed by atoms with Gasteiger partial charge in [-0.25, -0.2) is 13.1 Å². The predicted octanol–water partition coefficient (Wildman–Crippen LogP) is 1.39. The number of nitrogens with zero attached hydrogens (tertiary/aromatic N) is 2. The Bertz CT molecular complexity index is 758. The van der Waals surface area contributed by atoms with Gasteiger partial charge in [0.25, 0.3) is 0 Å². The predicted molar refractivity (Wildman–Crippen MR) is 79.8 cm³/mol. The van der Waals surface area contributed by atoms with Crippen LogP contribution in [0.25, 0.3) is 0 Å². The van der Waals surface area contributed by atoms with Crippen molar-refractivity contribution in [2.75, 3.05) is 0 Å². The van der Waals surface area contributed by atoms with E-state index in [1.807, 2.05) is 0 Å². The van der Waals surface area contributed by atoms with Crippen LogP contribution in [0, 0.1) is 13.8 Å². The van der Waals surface area contributed by atoms with E-state index in [0.717, 1.165) is 5.56 Å². The molecule has 1 heterocycles. The topological polar surface area (TPSA) is 111 Å². The van der Waals surface area contributed by atoms with Gasteiger partial charge in [0.05, 0.1) is 11.4 Å². The second-order valence-electron chi connectivity index (χ2n) is 4.46. The van der Waals surface area contributed by atoms with Crippen LogP contribution in [-0.4, -0.2) is 18.6 Å². The molecule has 9 heteroatoms. The summed E-state index contributed by atoms with van der Waals surface area (Å²) in [6, 6.07) is 3.36. The number of hydrogen-bond acceptors (Lipinski definition) is 6. The van der Waals surface area contributed by atoms with E-state index in [4.69, 9.17) is 10.3 Å². The van der Waals surface area contributed by atoms with Crippen LogP contribution in [0.4, 0.5) is 0 Å². The molecule has 0 bridgehead atoms. The van der Waals surface area contributed by atoms with Crippen LogP contribution in [0.1, 0.15) is 22.8 Å². The molecule has 114 valence electrons. The third-order valence-corrected chi connectivity index (χ3v) is 5.22. The number of nitrogens with one attached hydrogen (secondary N) is 1. The Balaban J connectivity index is 2.29. The van der Waals surface area contributed by atoms with Crippen LogP contribution < -0.4 is 10.5 Å². The van der Waals surface area contributed by atoms with Crippen LogP contribution in [-0.2, 0) is 23.1 Å². The van der Waals surface area contributed by atoms with Gasteiger partial charge in [-0.15, -0.1) is 0 Å². The van der Waals surface area contributed by atoms with Crippen molar-refractivity contribution < 1.29 is 12.9 Å². The summed E-state index contributed by atoms with van der Waals surface area (Å²) in [5, 5.41) is 3.64. The molecule has 2 aromatic rings. The molecule has 0 aliphatic rings.